The summed E-state index contributed by atoms with van der Waals surface area (Å²) in [5.74, 6) is -0.302. The molecule has 1 aliphatic heterocycles. The number of amides is 1. The summed E-state index contributed by atoms with van der Waals surface area (Å²) in [5, 5.41) is 0.718. The smallest absolute Gasteiger partial charge is 0.349 e. The number of carbonyl (C=O) groups is 1. The van der Waals surface area contributed by atoms with Crippen molar-refractivity contribution in [3.05, 3.63) is 44.7 Å². The lowest BCUT2D eigenvalue weighted by atomic mass is 10.1. The first-order valence-electron chi connectivity index (χ1n) is 6.25. The summed E-state index contributed by atoms with van der Waals surface area (Å²) >= 11 is 3.36. The average molecular weight is 338 g/mol. The van der Waals surface area contributed by atoms with Crippen molar-refractivity contribution in [3.8, 4) is 0 Å². The van der Waals surface area contributed by atoms with Crippen LogP contribution in [0.15, 0.2) is 37.9 Å². The van der Waals surface area contributed by atoms with E-state index in [1.165, 1.54) is 0 Å². The molecule has 20 heavy (non-hydrogen) atoms. The van der Waals surface area contributed by atoms with Crippen LogP contribution in [0.5, 0.6) is 0 Å². The molecule has 6 heteroatoms. The highest BCUT2D eigenvalue weighted by Crippen LogP contribution is 2.19. The fourth-order valence-electron chi connectivity index (χ4n) is 2.18. The number of hydrogen-bond donors (Lipinski definition) is 0. The number of carbonyl (C=O) groups excluding carboxylic acids is 1. The topological polar surface area (TPSA) is 59.8 Å². The van der Waals surface area contributed by atoms with E-state index in [0.29, 0.717) is 31.9 Å². The highest BCUT2D eigenvalue weighted by atomic mass is 79.9. The highest BCUT2D eigenvalue weighted by Gasteiger charge is 2.22. The Morgan fingerprint density at radius 2 is 1.95 bits per heavy atom. The highest BCUT2D eigenvalue weighted by molar-refractivity contribution is 9.10. The SMILES string of the molecule is O=C(c1cc2cc(Br)ccc2oc1=O)N1CCOCC1. The first-order valence-corrected chi connectivity index (χ1v) is 7.05. The normalized spacial score (nSPS) is 15.6. The maximum absolute atomic E-state index is 12.3. The van der Waals surface area contributed by atoms with Crippen LogP contribution in [0.2, 0.25) is 0 Å². The maximum atomic E-state index is 12.3. The number of ether oxygens (including phenoxy) is 1. The molecular weight excluding hydrogens is 326 g/mol. The molecule has 1 aliphatic rings. The van der Waals surface area contributed by atoms with Gasteiger partial charge < -0.3 is 14.1 Å². The van der Waals surface area contributed by atoms with E-state index < -0.39 is 5.63 Å². The van der Waals surface area contributed by atoms with E-state index >= 15 is 0 Å². The van der Waals surface area contributed by atoms with E-state index in [1.807, 2.05) is 6.07 Å². The van der Waals surface area contributed by atoms with E-state index in [2.05, 4.69) is 15.9 Å². The molecular formula is C14H12BrNO4. The molecule has 1 saturated heterocycles. The molecule has 104 valence electrons. The Balaban J connectivity index is 2.03. The van der Waals surface area contributed by atoms with Crippen LogP contribution in [-0.4, -0.2) is 37.1 Å². The van der Waals surface area contributed by atoms with E-state index in [4.69, 9.17) is 9.15 Å². The van der Waals surface area contributed by atoms with Crippen LogP contribution < -0.4 is 5.63 Å². The molecule has 0 bridgehead atoms. The zero-order valence-corrected chi connectivity index (χ0v) is 12.2. The molecule has 0 saturated carbocycles. The van der Waals surface area contributed by atoms with Crippen LogP contribution in [0.1, 0.15) is 10.4 Å². The van der Waals surface area contributed by atoms with Crippen molar-refractivity contribution in [3.63, 3.8) is 0 Å². The second kappa shape index (κ2) is 5.38. The Kier molecular flexibility index (Phi) is 3.58. The second-order valence-electron chi connectivity index (χ2n) is 4.53. The Bertz CT molecular complexity index is 719. The van der Waals surface area contributed by atoms with Crippen molar-refractivity contribution in [2.75, 3.05) is 26.3 Å². The fourth-order valence-corrected chi connectivity index (χ4v) is 2.56. The summed E-state index contributed by atoms with van der Waals surface area (Å²) in [4.78, 5) is 25.9. The predicted octanol–water partition coefficient (Wildman–Crippen LogP) is 2.03. The molecule has 0 spiro atoms. The van der Waals surface area contributed by atoms with Crippen LogP contribution in [0.25, 0.3) is 11.0 Å². The van der Waals surface area contributed by atoms with Crippen molar-refractivity contribution in [2.45, 2.75) is 0 Å². The van der Waals surface area contributed by atoms with Crippen molar-refractivity contribution >= 4 is 32.8 Å². The molecule has 1 fully saturated rings. The lowest BCUT2D eigenvalue weighted by Crippen LogP contribution is -2.42. The van der Waals surface area contributed by atoms with Crippen LogP contribution >= 0.6 is 15.9 Å². The van der Waals surface area contributed by atoms with E-state index in [1.54, 1.807) is 23.1 Å². The number of benzene rings is 1. The van der Waals surface area contributed by atoms with Gasteiger partial charge in [0.1, 0.15) is 11.1 Å². The number of halogens is 1. The first kappa shape index (κ1) is 13.3. The van der Waals surface area contributed by atoms with Crippen molar-refractivity contribution < 1.29 is 13.9 Å². The van der Waals surface area contributed by atoms with Crippen molar-refractivity contribution in [1.82, 2.24) is 4.90 Å². The Morgan fingerprint density at radius 3 is 2.70 bits per heavy atom. The Hall–Kier alpha value is -1.66. The summed E-state index contributed by atoms with van der Waals surface area (Å²) < 4.78 is 11.3. The molecule has 1 aromatic heterocycles. The number of fused-ring (bicyclic) bond motifs is 1. The van der Waals surface area contributed by atoms with Gasteiger partial charge in [0, 0.05) is 22.9 Å². The summed E-state index contributed by atoms with van der Waals surface area (Å²) in [7, 11) is 0. The lowest BCUT2D eigenvalue weighted by Gasteiger charge is -2.26. The summed E-state index contributed by atoms with van der Waals surface area (Å²) in [6, 6.07) is 6.89. The molecule has 5 nitrogen and oxygen atoms in total. The van der Waals surface area contributed by atoms with Crippen LogP contribution in [0.3, 0.4) is 0 Å². The summed E-state index contributed by atoms with van der Waals surface area (Å²) in [6.07, 6.45) is 0. The molecule has 3 rings (SSSR count). The number of rotatable bonds is 1. The molecule has 0 atom stereocenters. The van der Waals surface area contributed by atoms with Gasteiger partial charge in [-0.1, -0.05) is 15.9 Å². The largest absolute Gasteiger partial charge is 0.422 e. The molecule has 1 aromatic carbocycles. The second-order valence-corrected chi connectivity index (χ2v) is 5.45. The molecule has 0 N–H and O–H groups in total. The van der Waals surface area contributed by atoms with Gasteiger partial charge in [-0.05, 0) is 24.3 Å². The van der Waals surface area contributed by atoms with Gasteiger partial charge >= 0.3 is 5.63 Å². The van der Waals surface area contributed by atoms with Crippen LogP contribution in [-0.2, 0) is 4.74 Å². The Labute approximate surface area is 123 Å². The molecule has 2 heterocycles. The average Bonchev–Trinajstić information content (AvgIpc) is 2.47. The minimum absolute atomic E-state index is 0.0671. The summed E-state index contributed by atoms with van der Waals surface area (Å²) in [6.45, 7) is 1.98. The van der Waals surface area contributed by atoms with Gasteiger partial charge in [0.15, 0.2) is 0 Å². The van der Waals surface area contributed by atoms with E-state index in [9.17, 15) is 9.59 Å². The Morgan fingerprint density at radius 1 is 1.20 bits per heavy atom. The third-order valence-corrected chi connectivity index (χ3v) is 3.72. The predicted molar refractivity (Wildman–Crippen MR) is 76.9 cm³/mol. The van der Waals surface area contributed by atoms with Crippen molar-refractivity contribution in [1.29, 1.82) is 0 Å². The zero-order chi connectivity index (χ0) is 14.1. The number of morpholine rings is 1. The molecule has 2 aromatic rings. The first-order chi connectivity index (χ1) is 9.65. The molecule has 1 amide bonds. The molecule has 0 radical (unpaired) electrons. The molecule has 0 unspecified atom stereocenters. The van der Waals surface area contributed by atoms with Gasteiger partial charge in [0.05, 0.1) is 13.2 Å². The zero-order valence-electron chi connectivity index (χ0n) is 10.6. The standard InChI is InChI=1S/C14H12BrNO4/c15-10-1-2-12-9(7-10)8-11(14(18)20-12)13(17)16-3-5-19-6-4-16/h1-2,7-8H,3-6H2. The quantitative estimate of drug-likeness (QED) is 0.747. The van der Waals surface area contributed by atoms with E-state index in [0.717, 1.165) is 9.86 Å². The van der Waals surface area contributed by atoms with Gasteiger partial charge in [-0.3, -0.25) is 4.79 Å². The maximum Gasteiger partial charge on any atom is 0.349 e. The van der Waals surface area contributed by atoms with E-state index in [-0.39, 0.29) is 11.5 Å². The fraction of sp³-hybridized carbons (Fsp3) is 0.286. The monoisotopic (exact) mass is 337 g/mol. The minimum Gasteiger partial charge on any atom is -0.422 e. The van der Waals surface area contributed by atoms with Gasteiger partial charge in [-0.15, -0.1) is 0 Å². The van der Waals surface area contributed by atoms with Crippen molar-refractivity contribution in [2.24, 2.45) is 0 Å². The lowest BCUT2D eigenvalue weighted by molar-refractivity contribution is 0.0300. The number of nitrogens with zero attached hydrogens (tertiary/aromatic N) is 1. The number of hydrogen-bond acceptors (Lipinski definition) is 4. The third kappa shape index (κ3) is 2.48. The van der Waals surface area contributed by atoms with Gasteiger partial charge in [0.2, 0.25) is 0 Å². The minimum atomic E-state index is -0.601. The third-order valence-electron chi connectivity index (χ3n) is 3.22. The molecule has 0 aliphatic carbocycles. The summed E-state index contributed by atoms with van der Waals surface area (Å²) in [5.41, 5.74) is -0.0643. The van der Waals surface area contributed by atoms with Crippen LogP contribution in [0, 0.1) is 0 Å². The van der Waals surface area contributed by atoms with Gasteiger partial charge in [-0.25, -0.2) is 4.79 Å². The van der Waals surface area contributed by atoms with Gasteiger partial charge in [-0.2, -0.15) is 0 Å². The van der Waals surface area contributed by atoms with Crippen LogP contribution in [0.4, 0.5) is 0 Å². The van der Waals surface area contributed by atoms with Gasteiger partial charge in [0.25, 0.3) is 5.91 Å².